The van der Waals surface area contributed by atoms with Gasteiger partial charge >= 0.3 is 5.97 Å². The van der Waals surface area contributed by atoms with E-state index in [9.17, 15) is 4.79 Å². The number of carboxylic acids is 1. The van der Waals surface area contributed by atoms with E-state index in [1.165, 1.54) is 0 Å². The number of carboxylic acid groups (broad SMARTS) is 1. The Morgan fingerprint density at radius 2 is 1.89 bits per heavy atom. The van der Waals surface area contributed by atoms with Crippen LogP contribution in [0, 0.1) is 0 Å². The van der Waals surface area contributed by atoms with Crippen LogP contribution in [0.1, 0.15) is 22.0 Å². The zero-order valence-electron chi connectivity index (χ0n) is 10.2. The van der Waals surface area contributed by atoms with Gasteiger partial charge < -0.3 is 15.2 Å². The molecule has 0 spiro atoms. The van der Waals surface area contributed by atoms with Crippen molar-refractivity contribution in [1.29, 1.82) is 0 Å². The summed E-state index contributed by atoms with van der Waals surface area (Å²) in [4.78, 5) is 11.2. The Morgan fingerprint density at radius 1 is 1.16 bits per heavy atom. The number of anilines is 1. The molecule has 1 aliphatic rings. The lowest BCUT2D eigenvalue weighted by Gasteiger charge is -2.15. The van der Waals surface area contributed by atoms with Crippen molar-refractivity contribution in [3.63, 3.8) is 0 Å². The van der Waals surface area contributed by atoms with Gasteiger partial charge in [0.05, 0.1) is 11.6 Å². The van der Waals surface area contributed by atoms with E-state index in [0.717, 1.165) is 11.3 Å². The predicted molar refractivity (Wildman–Crippen MR) is 71.7 cm³/mol. The lowest BCUT2D eigenvalue weighted by molar-refractivity contribution is 0.0698. The summed E-state index contributed by atoms with van der Waals surface area (Å²) >= 11 is 0. The second kappa shape index (κ2) is 4.65. The van der Waals surface area contributed by atoms with Gasteiger partial charge in [0.15, 0.2) is 0 Å². The third-order valence-electron chi connectivity index (χ3n) is 3.19. The van der Waals surface area contributed by atoms with Crippen molar-refractivity contribution in [3.05, 3.63) is 59.7 Å². The molecule has 0 saturated carbocycles. The van der Waals surface area contributed by atoms with Crippen LogP contribution in [-0.2, 0) is 0 Å². The van der Waals surface area contributed by atoms with Gasteiger partial charge in [0.1, 0.15) is 12.4 Å². The lowest BCUT2D eigenvalue weighted by Crippen LogP contribution is -2.14. The van der Waals surface area contributed by atoms with Gasteiger partial charge in [-0.25, -0.2) is 4.79 Å². The van der Waals surface area contributed by atoms with E-state index < -0.39 is 5.97 Å². The maximum absolute atomic E-state index is 11.2. The number of hydrogen-bond acceptors (Lipinski definition) is 3. The fourth-order valence-electron chi connectivity index (χ4n) is 2.27. The Labute approximate surface area is 110 Å². The molecule has 4 nitrogen and oxygen atoms in total. The highest BCUT2D eigenvalue weighted by molar-refractivity contribution is 5.94. The molecule has 0 saturated heterocycles. The molecule has 0 bridgehead atoms. The number of hydrogen-bond donors (Lipinski definition) is 2. The summed E-state index contributed by atoms with van der Waals surface area (Å²) < 4.78 is 5.57. The SMILES string of the molecule is O=C(O)c1ccccc1NC1COc2ccccc21. The van der Waals surface area contributed by atoms with Crippen LogP contribution in [0.2, 0.25) is 0 Å². The molecule has 2 aromatic rings. The van der Waals surface area contributed by atoms with E-state index in [1.54, 1.807) is 18.2 Å². The maximum atomic E-state index is 11.2. The van der Waals surface area contributed by atoms with Gasteiger partial charge in [-0.2, -0.15) is 0 Å². The summed E-state index contributed by atoms with van der Waals surface area (Å²) in [6, 6.07) is 14.7. The van der Waals surface area contributed by atoms with Crippen molar-refractivity contribution in [1.82, 2.24) is 0 Å². The monoisotopic (exact) mass is 255 g/mol. The first-order chi connectivity index (χ1) is 9.25. The van der Waals surface area contributed by atoms with E-state index in [0.29, 0.717) is 12.3 Å². The topological polar surface area (TPSA) is 58.6 Å². The van der Waals surface area contributed by atoms with E-state index in [1.807, 2.05) is 30.3 Å². The van der Waals surface area contributed by atoms with E-state index >= 15 is 0 Å². The number of fused-ring (bicyclic) bond motifs is 1. The van der Waals surface area contributed by atoms with Crippen LogP contribution < -0.4 is 10.1 Å². The minimum Gasteiger partial charge on any atom is -0.491 e. The summed E-state index contributed by atoms with van der Waals surface area (Å²) in [5, 5.41) is 12.4. The average molecular weight is 255 g/mol. The molecule has 1 heterocycles. The number of rotatable bonds is 3. The van der Waals surface area contributed by atoms with E-state index in [-0.39, 0.29) is 11.6 Å². The Hall–Kier alpha value is -2.49. The van der Waals surface area contributed by atoms with Crippen molar-refractivity contribution in [2.24, 2.45) is 0 Å². The van der Waals surface area contributed by atoms with Crippen molar-refractivity contribution < 1.29 is 14.6 Å². The first-order valence-corrected chi connectivity index (χ1v) is 6.06. The lowest BCUT2D eigenvalue weighted by atomic mass is 10.1. The van der Waals surface area contributed by atoms with E-state index in [4.69, 9.17) is 9.84 Å². The third kappa shape index (κ3) is 2.12. The molecule has 19 heavy (non-hydrogen) atoms. The van der Waals surface area contributed by atoms with Crippen LogP contribution in [0.15, 0.2) is 48.5 Å². The van der Waals surface area contributed by atoms with Crippen LogP contribution >= 0.6 is 0 Å². The fourth-order valence-corrected chi connectivity index (χ4v) is 2.27. The fraction of sp³-hybridized carbons (Fsp3) is 0.133. The van der Waals surface area contributed by atoms with Crippen LogP contribution in [0.25, 0.3) is 0 Å². The minimum atomic E-state index is -0.935. The van der Waals surface area contributed by atoms with Crippen molar-refractivity contribution in [2.75, 3.05) is 11.9 Å². The molecule has 0 aromatic heterocycles. The summed E-state index contributed by atoms with van der Waals surface area (Å²) in [5.41, 5.74) is 1.94. The predicted octanol–water partition coefficient (Wildman–Crippen LogP) is 2.93. The Bertz CT molecular complexity index is 624. The molecule has 2 aromatic carbocycles. The van der Waals surface area contributed by atoms with Gasteiger partial charge in [0, 0.05) is 11.3 Å². The highest BCUT2D eigenvalue weighted by Crippen LogP contribution is 2.34. The largest absolute Gasteiger partial charge is 0.491 e. The molecule has 2 N–H and O–H groups in total. The molecular weight excluding hydrogens is 242 g/mol. The average Bonchev–Trinajstić information content (AvgIpc) is 2.83. The molecule has 0 amide bonds. The normalized spacial score (nSPS) is 16.5. The zero-order valence-corrected chi connectivity index (χ0v) is 10.2. The Kier molecular flexibility index (Phi) is 2.83. The Morgan fingerprint density at radius 3 is 2.74 bits per heavy atom. The number of para-hydroxylation sites is 2. The van der Waals surface area contributed by atoms with Gasteiger partial charge in [-0.3, -0.25) is 0 Å². The number of ether oxygens (including phenoxy) is 1. The number of benzene rings is 2. The first kappa shape index (κ1) is 11.6. The highest BCUT2D eigenvalue weighted by atomic mass is 16.5. The molecule has 3 rings (SSSR count). The molecule has 4 heteroatoms. The zero-order chi connectivity index (χ0) is 13.2. The number of aromatic carboxylic acids is 1. The second-order valence-electron chi connectivity index (χ2n) is 4.40. The second-order valence-corrected chi connectivity index (χ2v) is 4.40. The summed E-state index contributed by atoms with van der Waals surface area (Å²) in [6.07, 6.45) is 0. The van der Waals surface area contributed by atoms with Crippen LogP contribution in [0.4, 0.5) is 5.69 Å². The van der Waals surface area contributed by atoms with Gasteiger partial charge in [-0.1, -0.05) is 30.3 Å². The van der Waals surface area contributed by atoms with E-state index in [2.05, 4.69) is 5.32 Å². The van der Waals surface area contributed by atoms with Crippen LogP contribution in [0.3, 0.4) is 0 Å². The highest BCUT2D eigenvalue weighted by Gasteiger charge is 2.24. The standard InChI is InChI=1S/C15H13NO3/c17-15(18)11-6-1-3-7-12(11)16-13-9-19-14-8-4-2-5-10(13)14/h1-8,13,16H,9H2,(H,17,18). The molecule has 1 unspecified atom stereocenters. The smallest absolute Gasteiger partial charge is 0.337 e. The van der Waals surface area contributed by atoms with Crippen LogP contribution in [-0.4, -0.2) is 17.7 Å². The summed E-state index contributed by atoms with van der Waals surface area (Å²) in [6.45, 7) is 0.507. The van der Waals surface area contributed by atoms with Crippen molar-refractivity contribution in [2.45, 2.75) is 6.04 Å². The molecule has 1 atom stereocenters. The molecular formula is C15H13NO3. The molecule has 0 radical (unpaired) electrons. The van der Waals surface area contributed by atoms with Crippen molar-refractivity contribution >= 4 is 11.7 Å². The van der Waals surface area contributed by atoms with Gasteiger partial charge in [0.2, 0.25) is 0 Å². The number of nitrogens with one attached hydrogen (secondary N) is 1. The first-order valence-electron chi connectivity index (χ1n) is 6.06. The summed E-state index contributed by atoms with van der Waals surface area (Å²) in [5.74, 6) is -0.0805. The molecule has 0 fully saturated rings. The number of carbonyl (C=O) groups is 1. The van der Waals surface area contributed by atoms with Gasteiger partial charge in [0.25, 0.3) is 0 Å². The summed E-state index contributed by atoms with van der Waals surface area (Å²) in [7, 11) is 0. The molecule has 1 aliphatic heterocycles. The van der Waals surface area contributed by atoms with Gasteiger partial charge in [-0.15, -0.1) is 0 Å². The maximum Gasteiger partial charge on any atom is 0.337 e. The van der Waals surface area contributed by atoms with Crippen LogP contribution in [0.5, 0.6) is 5.75 Å². The Balaban J connectivity index is 1.90. The minimum absolute atomic E-state index is 0.0169. The third-order valence-corrected chi connectivity index (χ3v) is 3.19. The van der Waals surface area contributed by atoms with Crippen molar-refractivity contribution in [3.8, 4) is 5.75 Å². The van der Waals surface area contributed by atoms with Gasteiger partial charge in [-0.05, 0) is 18.2 Å². The quantitative estimate of drug-likeness (QED) is 0.885. The molecule has 96 valence electrons. The molecule has 0 aliphatic carbocycles.